The van der Waals surface area contributed by atoms with Crippen LogP contribution in [-0.4, -0.2) is 31.1 Å². The van der Waals surface area contributed by atoms with E-state index in [4.69, 9.17) is 10.0 Å². The van der Waals surface area contributed by atoms with Gasteiger partial charge in [-0.25, -0.2) is 13.1 Å². The van der Waals surface area contributed by atoms with Crippen LogP contribution in [0, 0.1) is 0 Å². The molecule has 0 fully saturated rings. The molecule has 0 aliphatic carbocycles. The minimum Gasteiger partial charge on any atom is -0.423 e. The van der Waals surface area contributed by atoms with Gasteiger partial charge in [-0.1, -0.05) is 0 Å². The van der Waals surface area contributed by atoms with Crippen molar-refractivity contribution in [2.24, 2.45) is 0 Å². The molecule has 0 saturated heterocycles. The van der Waals surface area contributed by atoms with Crippen LogP contribution in [0.3, 0.4) is 0 Å². The van der Waals surface area contributed by atoms with Crippen LogP contribution in [0.2, 0.25) is 0 Å². The minimum absolute atomic E-state index is 0.405. The normalized spacial score (nSPS) is 13.3. The third-order valence-corrected chi connectivity index (χ3v) is 4.18. The molecule has 0 atom stereocenters. The number of benzene rings is 1. The van der Waals surface area contributed by atoms with Gasteiger partial charge in [-0.05, 0) is 39.0 Å². The summed E-state index contributed by atoms with van der Waals surface area (Å²) < 4.78 is 64.3. The van der Waals surface area contributed by atoms with Crippen molar-refractivity contribution in [2.75, 3.05) is 0 Å². The summed E-state index contributed by atoms with van der Waals surface area (Å²) in [6.45, 7) is 4.64. The second-order valence-electron chi connectivity index (χ2n) is 5.48. The average molecular weight is 325 g/mol. The van der Waals surface area contributed by atoms with Gasteiger partial charge >= 0.3 is 13.3 Å². The minimum atomic E-state index is -4.72. The Kier molecular flexibility index (Phi) is 4.79. The maximum absolute atomic E-state index is 12.6. The molecule has 0 unspecified atom stereocenters. The average Bonchev–Trinajstić information content (AvgIpc) is 2.23. The molecule has 0 heterocycles. The van der Waals surface area contributed by atoms with Crippen molar-refractivity contribution in [1.82, 2.24) is 4.72 Å². The molecule has 3 N–H and O–H groups in total. The van der Waals surface area contributed by atoms with Crippen LogP contribution in [-0.2, 0) is 16.2 Å². The van der Waals surface area contributed by atoms with Crippen molar-refractivity contribution >= 4 is 22.6 Å². The third-order valence-electron chi connectivity index (χ3n) is 2.35. The van der Waals surface area contributed by atoms with Crippen LogP contribution >= 0.6 is 0 Å². The second kappa shape index (κ2) is 5.60. The van der Waals surface area contributed by atoms with Crippen molar-refractivity contribution in [3.63, 3.8) is 0 Å². The van der Waals surface area contributed by atoms with Gasteiger partial charge in [0.15, 0.2) is 0 Å². The summed E-state index contributed by atoms with van der Waals surface area (Å²) in [4.78, 5) is -0.611. The van der Waals surface area contributed by atoms with Crippen LogP contribution in [0.5, 0.6) is 0 Å². The molecule has 10 heteroatoms. The first kappa shape index (κ1) is 18.0. The summed E-state index contributed by atoms with van der Waals surface area (Å²) in [5.74, 6) is 0. The van der Waals surface area contributed by atoms with Crippen molar-refractivity contribution in [3.05, 3.63) is 23.8 Å². The maximum Gasteiger partial charge on any atom is 0.489 e. The highest BCUT2D eigenvalue weighted by atomic mass is 32.2. The van der Waals surface area contributed by atoms with E-state index in [1.165, 1.54) is 0 Å². The van der Waals surface area contributed by atoms with E-state index in [-0.39, 0.29) is 0 Å². The van der Waals surface area contributed by atoms with Crippen LogP contribution < -0.4 is 10.2 Å². The zero-order valence-electron chi connectivity index (χ0n) is 11.6. The molecule has 1 aromatic carbocycles. The molecule has 0 aromatic heterocycles. The molecule has 21 heavy (non-hydrogen) atoms. The number of hydrogen-bond acceptors (Lipinski definition) is 4. The standard InChI is InChI=1S/C11H15BF3NO4S/c1-10(2,3)16-21(19,20)9-5-4-7(11(13,14)15)6-8(9)12(17)18/h4-6,16-18H,1-3H3. The van der Waals surface area contributed by atoms with Gasteiger partial charge in [-0.15, -0.1) is 0 Å². The maximum atomic E-state index is 12.6. The quantitative estimate of drug-likeness (QED) is 0.705. The van der Waals surface area contributed by atoms with Gasteiger partial charge in [0.1, 0.15) is 0 Å². The molecule has 0 aliphatic rings. The van der Waals surface area contributed by atoms with Crippen LogP contribution in [0.4, 0.5) is 13.2 Å². The van der Waals surface area contributed by atoms with E-state index >= 15 is 0 Å². The lowest BCUT2D eigenvalue weighted by molar-refractivity contribution is -0.137. The van der Waals surface area contributed by atoms with E-state index in [2.05, 4.69) is 4.72 Å². The first-order chi connectivity index (χ1) is 9.24. The molecule has 1 rings (SSSR count). The molecule has 0 radical (unpaired) electrons. The Labute approximate surface area is 121 Å². The van der Waals surface area contributed by atoms with Crippen LogP contribution in [0.15, 0.2) is 23.1 Å². The van der Waals surface area contributed by atoms with Crippen LogP contribution in [0.1, 0.15) is 26.3 Å². The van der Waals surface area contributed by atoms with E-state index in [1.807, 2.05) is 0 Å². The van der Waals surface area contributed by atoms with Gasteiger partial charge in [0.05, 0.1) is 10.5 Å². The summed E-state index contributed by atoms with van der Waals surface area (Å²) in [6, 6.07) is 1.68. The number of halogens is 3. The van der Waals surface area contributed by atoms with Crippen molar-refractivity contribution in [1.29, 1.82) is 0 Å². The summed E-state index contributed by atoms with van der Waals surface area (Å²) in [5.41, 5.74) is -2.78. The van der Waals surface area contributed by atoms with Gasteiger partial charge in [0.25, 0.3) is 0 Å². The summed E-state index contributed by atoms with van der Waals surface area (Å²) in [7, 11) is -6.54. The van der Waals surface area contributed by atoms with Gasteiger partial charge < -0.3 is 10.0 Å². The fraction of sp³-hybridized carbons (Fsp3) is 0.455. The smallest absolute Gasteiger partial charge is 0.423 e. The Morgan fingerprint density at radius 2 is 1.67 bits per heavy atom. The highest BCUT2D eigenvalue weighted by Crippen LogP contribution is 2.29. The van der Waals surface area contributed by atoms with E-state index < -0.39 is 44.8 Å². The van der Waals surface area contributed by atoms with Gasteiger partial charge in [-0.3, -0.25) is 0 Å². The lowest BCUT2D eigenvalue weighted by atomic mass is 9.79. The molecule has 1 aromatic rings. The lowest BCUT2D eigenvalue weighted by Crippen LogP contribution is -2.44. The fourth-order valence-corrected chi connectivity index (χ4v) is 3.27. The number of sulfonamides is 1. The third kappa shape index (κ3) is 4.70. The number of hydrogen-bond donors (Lipinski definition) is 3. The van der Waals surface area contributed by atoms with E-state index in [1.54, 1.807) is 20.8 Å². The predicted molar refractivity (Wildman–Crippen MR) is 71.3 cm³/mol. The van der Waals surface area contributed by atoms with Crippen molar-refractivity contribution in [2.45, 2.75) is 37.4 Å². The zero-order chi connectivity index (χ0) is 16.6. The first-order valence-electron chi connectivity index (χ1n) is 5.85. The Morgan fingerprint density at radius 1 is 1.14 bits per heavy atom. The summed E-state index contributed by atoms with van der Waals surface area (Å²) in [5, 5.41) is 18.3. The van der Waals surface area contributed by atoms with Crippen molar-refractivity contribution in [3.8, 4) is 0 Å². The van der Waals surface area contributed by atoms with Gasteiger partial charge in [0, 0.05) is 11.0 Å². The highest BCUT2D eigenvalue weighted by molar-refractivity contribution is 7.89. The fourth-order valence-electron chi connectivity index (χ4n) is 1.63. The number of alkyl halides is 3. The largest absolute Gasteiger partial charge is 0.489 e. The molecule has 5 nitrogen and oxygen atoms in total. The Bertz CT molecular complexity index is 623. The Hall–Kier alpha value is -1.10. The van der Waals surface area contributed by atoms with Crippen LogP contribution in [0.25, 0.3) is 0 Å². The molecule has 0 amide bonds. The molecule has 0 spiro atoms. The first-order valence-corrected chi connectivity index (χ1v) is 7.33. The Balaban J connectivity index is 3.44. The molecular formula is C11H15BF3NO4S. The summed E-state index contributed by atoms with van der Waals surface area (Å²) >= 11 is 0. The summed E-state index contributed by atoms with van der Waals surface area (Å²) in [6.07, 6.45) is -4.72. The monoisotopic (exact) mass is 325 g/mol. The predicted octanol–water partition coefficient (Wildman–Crippen LogP) is 0.462. The van der Waals surface area contributed by atoms with Gasteiger partial charge in [0.2, 0.25) is 10.0 Å². The molecule has 0 saturated carbocycles. The molecule has 0 bridgehead atoms. The van der Waals surface area contributed by atoms with E-state index in [9.17, 15) is 21.6 Å². The SMILES string of the molecule is CC(C)(C)NS(=O)(=O)c1ccc(C(F)(F)F)cc1B(O)O. The zero-order valence-corrected chi connectivity index (χ0v) is 12.4. The lowest BCUT2D eigenvalue weighted by Gasteiger charge is -2.22. The second-order valence-corrected chi connectivity index (χ2v) is 7.13. The number of rotatable bonds is 3. The molecular weight excluding hydrogens is 310 g/mol. The highest BCUT2D eigenvalue weighted by Gasteiger charge is 2.35. The molecule has 118 valence electrons. The van der Waals surface area contributed by atoms with Crippen molar-refractivity contribution < 1.29 is 31.6 Å². The van der Waals surface area contributed by atoms with Gasteiger partial charge in [-0.2, -0.15) is 13.2 Å². The number of nitrogens with one attached hydrogen (secondary N) is 1. The Morgan fingerprint density at radius 3 is 2.05 bits per heavy atom. The van der Waals surface area contributed by atoms with E-state index in [0.29, 0.717) is 18.2 Å². The topological polar surface area (TPSA) is 86.6 Å². The molecule has 0 aliphatic heterocycles. The van der Waals surface area contributed by atoms with E-state index in [0.717, 1.165) is 0 Å².